The van der Waals surface area contributed by atoms with Gasteiger partial charge in [-0.2, -0.15) is 0 Å². The van der Waals surface area contributed by atoms with Crippen molar-refractivity contribution in [2.45, 2.75) is 0 Å². The van der Waals surface area contributed by atoms with Gasteiger partial charge in [-0.1, -0.05) is 413 Å². The summed E-state index contributed by atoms with van der Waals surface area (Å²) >= 11 is 0. The first kappa shape index (κ1) is 81.5. The van der Waals surface area contributed by atoms with Crippen LogP contribution in [-0.4, -0.2) is 48.6 Å². The van der Waals surface area contributed by atoms with Crippen molar-refractivity contribution in [1.82, 2.24) is 48.6 Å². The first-order valence-corrected chi connectivity index (χ1v) is 47.8. The Kier molecular flexibility index (Phi) is 19.7. The van der Waals surface area contributed by atoms with Crippen LogP contribution in [0.4, 0.5) is 0 Å². The van der Waals surface area contributed by atoms with Gasteiger partial charge < -0.3 is 9.13 Å². The third-order valence-corrected chi connectivity index (χ3v) is 28.0. The van der Waals surface area contributed by atoms with Gasteiger partial charge >= 0.3 is 0 Å². The van der Waals surface area contributed by atoms with E-state index in [0.29, 0.717) is 29.2 Å². The second kappa shape index (κ2) is 34.1. The predicted octanol–water partition coefficient (Wildman–Crippen LogP) is 33.4. The van der Waals surface area contributed by atoms with Gasteiger partial charge in [0.15, 0.2) is 23.3 Å². The molecule has 10 nitrogen and oxygen atoms in total. The monoisotopic (exact) mass is 1790 g/mol. The summed E-state index contributed by atoms with van der Waals surface area (Å²) in [5.74, 6) is 3.30. The maximum atomic E-state index is 5.20. The van der Waals surface area contributed by atoms with Gasteiger partial charge in [0.1, 0.15) is 0 Å². The zero-order chi connectivity index (χ0) is 93.0. The number of nitrogens with zero attached hydrogens (tertiary/aromatic N) is 10. The molecule has 0 spiro atoms. The first-order valence-electron chi connectivity index (χ1n) is 47.8. The normalized spacial score (nSPS) is 11.7. The van der Waals surface area contributed by atoms with E-state index in [0.717, 1.165) is 89.7 Å². The van der Waals surface area contributed by atoms with E-state index in [1.807, 2.05) is 84.9 Å². The molecule has 0 radical (unpaired) electrons. The van der Waals surface area contributed by atoms with E-state index in [1.165, 1.54) is 154 Å². The second-order valence-corrected chi connectivity index (χ2v) is 36.1. The summed E-state index contributed by atoms with van der Waals surface area (Å²) in [5.41, 5.74) is 39.8. The van der Waals surface area contributed by atoms with Crippen molar-refractivity contribution in [3.05, 3.63) is 498 Å². The molecule has 0 aliphatic heterocycles. The lowest BCUT2D eigenvalue weighted by atomic mass is 9.91. The van der Waals surface area contributed by atoms with E-state index in [2.05, 4.69) is 427 Å². The molecule has 0 unspecified atom stereocenters. The largest absolute Gasteiger partial charge is 0.316 e. The molecule has 0 saturated carbocycles. The molecule has 3 aliphatic rings. The highest BCUT2D eigenvalue weighted by atomic mass is 15.2. The van der Waals surface area contributed by atoms with Crippen molar-refractivity contribution in [3.63, 3.8) is 0 Å². The Hall–Kier alpha value is -19.0. The van der Waals surface area contributed by atoms with Gasteiger partial charge in [-0.25, -0.2) is 34.9 Å². The molecular weight excluding hydrogens is 1710 g/mol. The molecule has 656 valence electrons. The van der Waals surface area contributed by atoms with E-state index in [1.54, 1.807) is 0 Å². The molecule has 0 atom stereocenters. The fourth-order valence-corrected chi connectivity index (χ4v) is 21.5. The lowest BCUT2D eigenvalue weighted by Crippen LogP contribution is -2.03. The molecule has 20 aromatic carbocycles. The SMILES string of the molecule is c1ccc(-c2cc(-c3ccccc3)nc(-c3ccc(-n4cc5c6c(c7ccccc7cc64)-c4ccccc4-c4ccccc4-5)cc3)n2)cc1.c1ccc(-c2cc(-c3ccccc3)nc(-n3cc4c5c(c6ccccc6cc53)-c3ccccc3-c3ccccc3-4)n2)cc1.c1ccc(-c2nc(-c3ccccc3)nc(-c3cccc(-n4cc5c6c(c7ccccc7cc64)-c4ccccc4-c4ccccc4-5)c3)n2)cc1. The molecule has 0 N–H and O–H groups in total. The maximum Gasteiger partial charge on any atom is 0.235 e. The fourth-order valence-electron chi connectivity index (χ4n) is 21.5. The highest BCUT2D eigenvalue weighted by molar-refractivity contribution is 6.25. The summed E-state index contributed by atoms with van der Waals surface area (Å²) in [7, 11) is 0. The molecule has 0 amide bonds. The first-order chi connectivity index (χ1) is 69.9. The maximum absolute atomic E-state index is 5.20. The van der Waals surface area contributed by atoms with Crippen LogP contribution < -0.4 is 0 Å². The van der Waals surface area contributed by atoms with Crippen LogP contribution in [0, 0.1) is 0 Å². The van der Waals surface area contributed by atoms with Crippen molar-refractivity contribution >= 4 is 65.0 Å². The van der Waals surface area contributed by atoms with Crippen LogP contribution in [0.5, 0.6) is 0 Å². The quantitative estimate of drug-likeness (QED) is 0.127. The Morgan fingerprint density at radius 3 is 0.752 bits per heavy atom. The van der Waals surface area contributed by atoms with E-state index in [9.17, 15) is 0 Å². The van der Waals surface area contributed by atoms with Gasteiger partial charge in [0.2, 0.25) is 5.95 Å². The minimum absolute atomic E-state index is 0.637. The van der Waals surface area contributed by atoms with Crippen molar-refractivity contribution in [2.24, 2.45) is 0 Å². The Morgan fingerprint density at radius 2 is 0.397 bits per heavy atom. The van der Waals surface area contributed by atoms with Crippen molar-refractivity contribution in [3.8, 4) is 208 Å². The van der Waals surface area contributed by atoms with E-state index in [4.69, 9.17) is 34.9 Å². The average molecular weight is 1800 g/mol. The zero-order valence-corrected chi connectivity index (χ0v) is 76.3. The molecule has 6 heterocycles. The van der Waals surface area contributed by atoms with Crippen LogP contribution in [0.15, 0.2) is 498 Å². The Balaban J connectivity index is 0.000000106. The lowest BCUT2D eigenvalue weighted by Gasteiger charge is -2.15. The van der Waals surface area contributed by atoms with Crippen LogP contribution >= 0.6 is 0 Å². The number of aromatic nitrogens is 10. The van der Waals surface area contributed by atoms with E-state index >= 15 is 0 Å². The number of rotatable bonds is 11. The van der Waals surface area contributed by atoms with Gasteiger partial charge in [-0.3, -0.25) is 4.57 Å². The minimum Gasteiger partial charge on any atom is -0.316 e. The molecule has 26 aromatic rings. The highest BCUT2D eigenvalue weighted by Gasteiger charge is 2.32. The van der Waals surface area contributed by atoms with Gasteiger partial charge in [0.25, 0.3) is 0 Å². The van der Waals surface area contributed by atoms with Gasteiger partial charge in [-0.05, 0) is 166 Å². The van der Waals surface area contributed by atoms with Gasteiger partial charge in [0, 0.05) is 124 Å². The van der Waals surface area contributed by atoms with Crippen molar-refractivity contribution < 1.29 is 0 Å². The predicted molar refractivity (Wildman–Crippen MR) is 580 cm³/mol. The van der Waals surface area contributed by atoms with Crippen LogP contribution in [0.25, 0.3) is 273 Å². The Morgan fingerprint density at radius 1 is 0.149 bits per heavy atom. The highest BCUT2D eigenvalue weighted by Crippen LogP contribution is 2.56. The molecule has 0 saturated heterocycles. The molecule has 3 aliphatic carbocycles. The van der Waals surface area contributed by atoms with Crippen LogP contribution in [-0.2, 0) is 0 Å². The third-order valence-electron chi connectivity index (χ3n) is 28.0. The Bertz CT molecular complexity index is 9290. The smallest absolute Gasteiger partial charge is 0.235 e. The summed E-state index contributed by atoms with van der Waals surface area (Å²) in [6.45, 7) is 0. The van der Waals surface area contributed by atoms with Gasteiger partial charge in [-0.15, -0.1) is 0 Å². The summed E-state index contributed by atoms with van der Waals surface area (Å²) in [6.07, 6.45) is 6.89. The van der Waals surface area contributed by atoms with Crippen LogP contribution in [0.1, 0.15) is 0 Å². The zero-order valence-electron chi connectivity index (χ0n) is 76.3. The second-order valence-electron chi connectivity index (χ2n) is 36.1. The fraction of sp³-hybridized carbons (Fsp3) is 0. The number of fused-ring (bicyclic) bond motifs is 21. The topological polar surface area (TPSA) is 105 Å². The van der Waals surface area contributed by atoms with Crippen molar-refractivity contribution in [2.75, 3.05) is 0 Å². The standard InChI is InChI=1S/C46H29N3.C45H28N4.C40H25N3/c1-3-13-30(14-4-1)41-28-42(31-15-5-2-6-16-31)48-46(47-41)32-23-25-34(26-24-32)49-29-40-38-21-10-9-19-36(38)37-20-11-12-22-39(37)44-35-18-8-7-17-33(35)27-43(49)45(40)44;1-3-14-29(15-4-1)43-46-44(30-16-5-2-6-17-30)48-45(47-43)32-19-13-20-33(26-32)49-28-39-37-24-10-9-22-35(37)36-23-11-12-25-38(36)41-34-21-8-7-18-31(34)27-40(49)42(39)41;1-3-13-26(14-4-1)35-24-36(27-15-5-2-6-16-27)42-40(41-35)43-25-34-32-21-10-9-19-30(32)31-20-11-12-22-33(31)38-29-18-8-7-17-28(29)23-37(43)39(34)38/h1-29H;1-28H;1-25H. The molecular formula is C131H82N10. The third kappa shape index (κ3) is 14.1. The number of hydrogen-bond acceptors (Lipinski definition) is 7. The van der Waals surface area contributed by atoms with E-state index in [-0.39, 0.29) is 0 Å². The molecule has 29 rings (SSSR count). The number of hydrogen-bond donors (Lipinski definition) is 0. The summed E-state index contributed by atoms with van der Waals surface area (Å²) < 4.78 is 6.89. The lowest BCUT2D eigenvalue weighted by molar-refractivity contribution is 0.969. The molecule has 10 heteroatoms. The van der Waals surface area contributed by atoms with Crippen LogP contribution in [0.2, 0.25) is 0 Å². The molecule has 141 heavy (non-hydrogen) atoms. The summed E-state index contributed by atoms with van der Waals surface area (Å²) in [5, 5.41) is 11.2. The Labute approximate surface area is 813 Å². The summed E-state index contributed by atoms with van der Waals surface area (Å²) in [6, 6.07) is 169. The summed E-state index contributed by atoms with van der Waals surface area (Å²) in [4.78, 5) is 35.5. The molecule has 0 bridgehead atoms. The molecule has 0 fully saturated rings. The minimum atomic E-state index is 0.637. The molecule has 6 aromatic heterocycles. The average Bonchev–Trinajstić information content (AvgIpc) is 1.56. The number of benzene rings is 20. The van der Waals surface area contributed by atoms with Gasteiger partial charge in [0.05, 0.1) is 39.3 Å². The van der Waals surface area contributed by atoms with Crippen molar-refractivity contribution in [1.29, 1.82) is 0 Å². The van der Waals surface area contributed by atoms with Crippen LogP contribution in [0.3, 0.4) is 0 Å². The van der Waals surface area contributed by atoms with E-state index < -0.39 is 0 Å².